The molecule has 0 atom stereocenters. The Morgan fingerprint density at radius 2 is 1.93 bits per heavy atom. The Balaban J connectivity index is 1.88. The van der Waals surface area contributed by atoms with Gasteiger partial charge in [0, 0.05) is 17.0 Å². The fourth-order valence-corrected chi connectivity index (χ4v) is 4.49. The number of nitrogens with one attached hydrogen (secondary N) is 1. The van der Waals surface area contributed by atoms with Gasteiger partial charge in [-0.15, -0.1) is 0 Å². The number of hydrogen-bond acceptors (Lipinski definition) is 3. The quantitative estimate of drug-likeness (QED) is 0.562. The second-order valence-corrected chi connectivity index (χ2v) is 7.61. The molecule has 0 saturated heterocycles. The molecule has 0 aliphatic heterocycles. The molecule has 1 aliphatic carbocycles. The maximum atomic E-state index is 14.9. The highest BCUT2D eigenvalue weighted by atomic mass is 32.1. The van der Waals surface area contributed by atoms with E-state index >= 15 is 0 Å². The van der Waals surface area contributed by atoms with Crippen LogP contribution in [0.15, 0.2) is 52.6 Å². The van der Waals surface area contributed by atoms with Crippen LogP contribution in [0.3, 0.4) is 0 Å². The van der Waals surface area contributed by atoms with Gasteiger partial charge in [-0.1, -0.05) is 36.9 Å². The second-order valence-electron chi connectivity index (χ2n) is 6.82. The van der Waals surface area contributed by atoms with Crippen molar-refractivity contribution in [3.05, 3.63) is 74.9 Å². The van der Waals surface area contributed by atoms with Gasteiger partial charge in [-0.05, 0) is 47.6 Å². The zero-order chi connectivity index (χ0) is 18.7. The van der Waals surface area contributed by atoms with E-state index in [1.807, 2.05) is 28.8 Å². The van der Waals surface area contributed by atoms with E-state index in [4.69, 9.17) is 0 Å². The van der Waals surface area contributed by atoms with Crippen LogP contribution in [0.2, 0.25) is 0 Å². The molecule has 6 heteroatoms. The van der Waals surface area contributed by atoms with Gasteiger partial charge < -0.3 is 4.57 Å². The molecule has 4 nitrogen and oxygen atoms in total. The Kier molecular flexibility index (Phi) is 3.45. The average molecular weight is 378 g/mol. The highest BCUT2D eigenvalue weighted by Gasteiger charge is 2.29. The molecule has 2 heterocycles. The van der Waals surface area contributed by atoms with Gasteiger partial charge in [-0.25, -0.2) is 4.39 Å². The molecule has 5 rings (SSSR count). The van der Waals surface area contributed by atoms with Crippen molar-refractivity contribution >= 4 is 38.7 Å². The maximum absolute atomic E-state index is 14.9. The summed E-state index contributed by atoms with van der Waals surface area (Å²) in [5.74, 6) is -0.473. The van der Waals surface area contributed by atoms with Gasteiger partial charge in [0.05, 0.1) is 5.52 Å². The van der Waals surface area contributed by atoms with E-state index < -0.39 is 16.8 Å². The second kappa shape index (κ2) is 5.76. The standard InChI is InChI=1S/C21H15FN2O2S/c1-2-11-3-5-12(6-4-11)14-10-17-15(9-16(14)22)19(25)18-20(26)23-27-21(18)24(17)13-7-8-13/h2-6,9-10,13H,1,7-8H2,(H,23,26). The monoisotopic (exact) mass is 378 g/mol. The first kappa shape index (κ1) is 16.2. The van der Waals surface area contributed by atoms with Crippen LogP contribution in [-0.4, -0.2) is 8.94 Å². The molecule has 0 radical (unpaired) electrons. The number of halogens is 1. The predicted octanol–water partition coefficient (Wildman–Crippen LogP) is 4.69. The number of fused-ring (bicyclic) bond motifs is 2. The summed E-state index contributed by atoms with van der Waals surface area (Å²) < 4.78 is 19.6. The molecule has 1 N–H and O–H groups in total. The number of H-pyrrole nitrogens is 1. The van der Waals surface area contributed by atoms with Crippen LogP contribution in [0.25, 0.3) is 38.3 Å². The summed E-state index contributed by atoms with van der Waals surface area (Å²) in [5, 5.41) is 0.379. The molecule has 4 aromatic rings. The molecule has 134 valence electrons. The van der Waals surface area contributed by atoms with Crippen molar-refractivity contribution in [2.24, 2.45) is 0 Å². The molecular formula is C21H15FN2O2S. The zero-order valence-corrected chi connectivity index (χ0v) is 15.1. The van der Waals surface area contributed by atoms with Crippen molar-refractivity contribution < 1.29 is 4.39 Å². The normalized spacial score (nSPS) is 14.1. The first-order chi connectivity index (χ1) is 13.1. The number of aromatic amines is 1. The molecule has 1 fully saturated rings. The molecule has 2 aromatic heterocycles. The predicted molar refractivity (Wildman–Crippen MR) is 108 cm³/mol. The van der Waals surface area contributed by atoms with E-state index in [0.29, 0.717) is 15.9 Å². The van der Waals surface area contributed by atoms with Gasteiger partial charge >= 0.3 is 0 Å². The van der Waals surface area contributed by atoms with E-state index in [-0.39, 0.29) is 16.8 Å². The number of nitrogens with zero attached hydrogens (tertiary/aromatic N) is 1. The Labute approximate surface area is 157 Å². The maximum Gasteiger partial charge on any atom is 0.271 e. The highest BCUT2D eigenvalue weighted by molar-refractivity contribution is 7.12. The molecular weight excluding hydrogens is 363 g/mol. The number of aromatic nitrogens is 2. The van der Waals surface area contributed by atoms with E-state index in [1.165, 1.54) is 17.6 Å². The lowest BCUT2D eigenvalue weighted by Gasteiger charge is -2.13. The van der Waals surface area contributed by atoms with Crippen molar-refractivity contribution in [2.75, 3.05) is 0 Å². The SMILES string of the molecule is C=Cc1ccc(-c2cc3c(cc2F)c(=O)c2c(=O)[nH]sc2n3C2CC2)cc1. The number of hydrogen-bond donors (Lipinski definition) is 1. The van der Waals surface area contributed by atoms with E-state index in [0.717, 1.165) is 24.0 Å². The van der Waals surface area contributed by atoms with Crippen LogP contribution in [0.5, 0.6) is 0 Å². The molecule has 0 unspecified atom stereocenters. The number of benzene rings is 2. The van der Waals surface area contributed by atoms with E-state index in [9.17, 15) is 14.0 Å². The molecule has 0 bridgehead atoms. The summed E-state index contributed by atoms with van der Waals surface area (Å²) in [6.07, 6.45) is 3.70. The summed E-state index contributed by atoms with van der Waals surface area (Å²) in [5.41, 5.74) is 1.99. The van der Waals surface area contributed by atoms with Gasteiger partial charge in [0.25, 0.3) is 5.56 Å². The lowest BCUT2D eigenvalue weighted by Crippen LogP contribution is -2.15. The van der Waals surface area contributed by atoms with Gasteiger partial charge in [-0.2, -0.15) is 0 Å². The molecule has 0 amide bonds. The van der Waals surface area contributed by atoms with Crippen molar-refractivity contribution in [3.63, 3.8) is 0 Å². The smallest absolute Gasteiger partial charge is 0.271 e. The average Bonchev–Trinajstić information content (AvgIpc) is 3.44. The van der Waals surface area contributed by atoms with Gasteiger partial charge in [-0.3, -0.25) is 14.0 Å². The topological polar surface area (TPSA) is 54.9 Å². The summed E-state index contributed by atoms with van der Waals surface area (Å²) >= 11 is 1.17. The Morgan fingerprint density at radius 1 is 1.19 bits per heavy atom. The van der Waals surface area contributed by atoms with Crippen LogP contribution >= 0.6 is 11.5 Å². The Morgan fingerprint density at radius 3 is 2.59 bits per heavy atom. The summed E-state index contributed by atoms with van der Waals surface area (Å²) in [6.45, 7) is 3.73. The summed E-state index contributed by atoms with van der Waals surface area (Å²) in [6, 6.07) is 10.7. The third-order valence-electron chi connectivity index (χ3n) is 5.09. The van der Waals surface area contributed by atoms with Gasteiger partial charge in [0.1, 0.15) is 16.0 Å². The fourth-order valence-electron chi connectivity index (χ4n) is 3.57. The largest absolute Gasteiger partial charge is 0.328 e. The Bertz CT molecular complexity index is 1340. The minimum atomic E-state index is -0.473. The zero-order valence-electron chi connectivity index (χ0n) is 14.3. The number of pyridine rings is 1. The van der Waals surface area contributed by atoms with Crippen LogP contribution in [0, 0.1) is 5.82 Å². The minimum absolute atomic E-state index is 0.127. The Hall–Kier alpha value is -2.99. The molecule has 0 spiro atoms. The van der Waals surface area contributed by atoms with E-state index in [1.54, 1.807) is 12.1 Å². The number of rotatable bonds is 3. The van der Waals surface area contributed by atoms with Crippen LogP contribution in [-0.2, 0) is 0 Å². The fraction of sp³-hybridized carbons (Fsp3) is 0.143. The van der Waals surface area contributed by atoms with Gasteiger partial charge in [0.15, 0.2) is 0 Å². The first-order valence-corrected chi connectivity index (χ1v) is 9.52. The summed E-state index contributed by atoms with van der Waals surface area (Å²) in [7, 11) is 0. The van der Waals surface area contributed by atoms with Crippen LogP contribution in [0.4, 0.5) is 4.39 Å². The molecule has 1 saturated carbocycles. The summed E-state index contributed by atoms with van der Waals surface area (Å²) in [4.78, 5) is 25.6. The van der Waals surface area contributed by atoms with Gasteiger partial charge in [0.2, 0.25) is 5.43 Å². The highest BCUT2D eigenvalue weighted by Crippen LogP contribution is 2.40. The molecule has 27 heavy (non-hydrogen) atoms. The molecule has 2 aromatic carbocycles. The van der Waals surface area contributed by atoms with Crippen molar-refractivity contribution in [1.82, 2.24) is 8.94 Å². The minimum Gasteiger partial charge on any atom is -0.328 e. The van der Waals surface area contributed by atoms with Crippen molar-refractivity contribution in [1.29, 1.82) is 0 Å². The lowest BCUT2D eigenvalue weighted by molar-refractivity contribution is 0.632. The molecule has 1 aliphatic rings. The van der Waals surface area contributed by atoms with Crippen LogP contribution in [0.1, 0.15) is 24.4 Å². The first-order valence-electron chi connectivity index (χ1n) is 8.70. The van der Waals surface area contributed by atoms with Crippen LogP contribution < -0.4 is 11.0 Å². The van der Waals surface area contributed by atoms with Crippen molar-refractivity contribution in [3.8, 4) is 11.1 Å². The van der Waals surface area contributed by atoms with E-state index in [2.05, 4.69) is 11.0 Å². The lowest BCUT2D eigenvalue weighted by atomic mass is 10.0. The third-order valence-corrected chi connectivity index (χ3v) is 5.97. The van der Waals surface area contributed by atoms with Crippen molar-refractivity contribution in [2.45, 2.75) is 18.9 Å². The third kappa shape index (κ3) is 2.40.